The summed E-state index contributed by atoms with van der Waals surface area (Å²) in [7, 11) is 0. The number of aliphatic carboxylic acids is 1. The van der Waals surface area contributed by atoms with Gasteiger partial charge in [-0.2, -0.15) is 0 Å². The topological polar surface area (TPSA) is 84.9 Å². The molecule has 7 nitrogen and oxygen atoms in total. The summed E-state index contributed by atoms with van der Waals surface area (Å²) in [6.45, 7) is 6.37. The van der Waals surface area contributed by atoms with Crippen LogP contribution in [0.3, 0.4) is 0 Å². The van der Waals surface area contributed by atoms with Crippen LogP contribution in [0.2, 0.25) is 0 Å². The standard InChI is InChI=1S/C12H22N4O3/c17-11(18)10-1-5-16(9-10)12(19)14-4-8-15-6-2-13-3-7-15/h10,13H,1-9H2,(H,14,19)(H,17,18). The summed E-state index contributed by atoms with van der Waals surface area (Å²) in [5.41, 5.74) is 0. The number of nitrogens with zero attached hydrogens (tertiary/aromatic N) is 2. The minimum Gasteiger partial charge on any atom is -0.481 e. The van der Waals surface area contributed by atoms with Gasteiger partial charge in [0.05, 0.1) is 5.92 Å². The van der Waals surface area contributed by atoms with Crippen LogP contribution < -0.4 is 10.6 Å². The minimum atomic E-state index is -0.809. The maximum atomic E-state index is 11.8. The molecular weight excluding hydrogens is 248 g/mol. The van der Waals surface area contributed by atoms with Crippen molar-refractivity contribution in [1.82, 2.24) is 20.4 Å². The molecule has 2 aliphatic heterocycles. The van der Waals surface area contributed by atoms with Gasteiger partial charge >= 0.3 is 12.0 Å². The van der Waals surface area contributed by atoms with Crippen molar-refractivity contribution in [2.24, 2.45) is 5.92 Å². The van der Waals surface area contributed by atoms with E-state index in [1.165, 1.54) is 0 Å². The van der Waals surface area contributed by atoms with Crippen LogP contribution in [0.25, 0.3) is 0 Å². The first-order valence-corrected chi connectivity index (χ1v) is 6.85. The average molecular weight is 270 g/mol. The highest BCUT2D eigenvalue weighted by molar-refractivity contribution is 5.77. The number of urea groups is 1. The molecule has 2 rings (SSSR count). The summed E-state index contributed by atoms with van der Waals surface area (Å²) >= 11 is 0. The zero-order valence-electron chi connectivity index (χ0n) is 11.1. The SMILES string of the molecule is O=C(O)C1CCN(C(=O)NCCN2CCNCC2)C1. The lowest BCUT2D eigenvalue weighted by Crippen LogP contribution is -2.47. The van der Waals surface area contributed by atoms with Gasteiger partial charge in [0.15, 0.2) is 0 Å². The number of hydrogen-bond donors (Lipinski definition) is 3. The first-order valence-electron chi connectivity index (χ1n) is 6.85. The van der Waals surface area contributed by atoms with E-state index in [4.69, 9.17) is 5.11 Å². The molecule has 3 N–H and O–H groups in total. The minimum absolute atomic E-state index is 0.140. The number of nitrogens with one attached hydrogen (secondary N) is 2. The number of rotatable bonds is 4. The van der Waals surface area contributed by atoms with Gasteiger partial charge in [-0.05, 0) is 6.42 Å². The lowest BCUT2D eigenvalue weighted by Gasteiger charge is -2.27. The molecule has 19 heavy (non-hydrogen) atoms. The van der Waals surface area contributed by atoms with Gasteiger partial charge in [0.1, 0.15) is 0 Å². The van der Waals surface area contributed by atoms with Crippen molar-refractivity contribution in [1.29, 1.82) is 0 Å². The predicted molar refractivity (Wildman–Crippen MR) is 70.0 cm³/mol. The van der Waals surface area contributed by atoms with Crippen LogP contribution in [-0.4, -0.2) is 79.3 Å². The quantitative estimate of drug-likeness (QED) is 0.611. The Labute approximate surface area is 112 Å². The second-order valence-electron chi connectivity index (χ2n) is 5.09. The van der Waals surface area contributed by atoms with Crippen molar-refractivity contribution in [2.75, 3.05) is 52.4 Å². The fraction of sp³-hybridized carbons (Fsp3) is 0.833. The van der Waals surface area contributed by atoms with E-state index in [0.29, 0.717) is 26.1 Å². The number of likely N-dealkylation sites (tertiary alicyclic amines) is 1. The molecule has 0 aromatic rings. The Morgan fingerprint density at radius 3 is 2.63 bits per heavy atom. The van der Waals surface area contributed by atoms with Crippen molar-refractivity contribution in [3.63, 3.8) is 0 Å². The summed E-state index contributed by atoms with van der Waals surface area (Å²) in [6, 6.07) is -0.140. The molecule has 0 spiro atoms. The van der Waals surface area contributed by atoms with E-state index in [1.807, 2.05) is 0 Å². The molecule has 2 heterocycles. The highest BCUT2D eigenvalue weighted by Gasteiger charge is 2.30. The molecule has 0 saturated carbocycles. The Morgan fingerprint density at radius 1 is 1.26 bits per heavy atom. The van der Waals surface area contributed by atoms with Gasteiger partial charge in [-0.25, -0.2) is 4.79 Å². The van der Waals surface area contributed by atoms with Crippen molar-refractivity contribution in [3.05, 3.63) is 0 Å². The number of carboxylic acid groups (broad SMARTS) is 1. The smallest absolute Gasteiger partial charge is 0.317 e. The molecule has 0 aromatic heterocycles. The molecule has 2 amide bonds. The molecular formula is C12H22N4O3. The van der Waals surface area contributed by atoms with Gasteiger partial charge in [-0.15, -0.1) is 0 Å². The third-order valence-corrected chi connectivity index (χ3v) is 3.74. The number of hydrogen-bond acceptors (Lipinski definition) is 4. The molecule has 0 radical (unpaired) electrons. The number of carboxylic acids is 1. The maximum Gasteiger partial charge on any atom is 0.317 e. The molecule has 0 aliphatic carbocycles. The molecule has 0 bridgehead atoms. The van der Waals surface area contributed by atoms with Crippen LogP contribution >= 0.6 is 0 Å². The van der Waals surface area contributed by atoms with Gasteiger partial charge in [-0.1, -0.05) is 0 Å². The molecule has 2 fully saturated rings. The summed E-state index contributed by atoms with van der Waals surface area (Å²) in [4.78, 5) is 26.6. The third-order valence-electron chi connectivity index (χ3n) is 3.74. The highest BCUT2D eigenvalue weighted by Crippen LogP contribution is 2.15. The molecule has 2 aliphatic rings. The Bertz CT molecular complexity index is 331. The zero-order valence-corrected chi connectivity index (χ0v) is 11.1. The number of amides is 2. The number of piperazine rings is 1. The van der Waals surface area contributed by atoms with Crippen molar-refractivity contribution < 1.29 is 14.7 Å². The first-order chi connectivity index (χ1) is 9.16. The fourth-order valence-electron chi connectivity index (χ4n) is 2.51. The normalized spacial score (nSPS) is 24.4. The Kier molecular flexibility index (Phi) is 4.98. The molecule has 1 atom stereocenters. The largest absolute Gasteiger partial charge is 0.481 e. The molecule has 0 aromatic carbocycles. The van der Waals surface area contributed by atoms with E-state index in [0.717, 1.165) is 32.7 Å². The van der Waals surface area contributed by atoms with Crippen LogP contribution in [0.4, 0.5) is 4.79 Å². The van der Waals surface area contributed by atoms with E-state index < -0.39 is 11.9 Å². The number of carbonyl (C=O) groups excluding carboxylic acids is 1. The van der Waals surface area contributed by atoms with E-state index >= 15 is 0 Å². The van der Waals surface area contributed by atoms with Gasteiger partial charge in [0.25, 0.3) is 0 Å². The van der Waals surface area contributed by atoms with Crippen molar-refractivity contribution in [3.8, 4) is 0 Å². The third kappa shape index (κ3) is 4.07. The summed E-state index contributed by atoms with van der Waals surface area (Å²) < 4.78 is 0. The fourth-order valence-corrected chi connectivity index (χ4v) is 2.51. The van der Waals surface area contributed by atoms with Crippen LogP contribution in [0.15, 0.2) is 0 Å². The maximum absolute atomic E-state index is 11.8. The second-order valence-corrected chi connectivity index (χ2v) is 5.09. The Balaban J connectivity index is 1.63. The monoisotopic (exact) mass is 270 g/mol. The van der Waals surface area contributed by atoms with Crippen molar-refractivity contribution in [2.45, 2.75) is 6.42 Å². The predicted octanol–water partition coefficient (Wildman–Crippen LogP) is -0.992. The summed E-state index contributed by atoms with van der Waals surface area (Å²) in [5.74, 6) is -1.21. The summed E-state index contributed by atoms with van der Waals surface area (Å²) in [6.07, 6.45) is 0.556. The average Bonchev–Trinajstić information content (AvgIpc) is 2.89. The zero-order chi connectivity index (χ0) is 13.7. The van der Waals surface area contributed by atoms with E-state index in [-0.39, 0.29) is 6.03 Å². The van der Waals surface area contributed by atoms with E-state index in [2.05, 4.69) is 15.5 Å². The highest BCUT2D eigenvalue weighted by atomic mass is 16.4. The van der Waals surface area contributed by atoms with E-state index in [9.17, 15) is 9.59 Å². The second kappa shape index (κ2) is 6.72. The van der Waals surface area contributed by atoms with E-state index in [1.54, 1.807) is 4.90 Å². The van der Waals surface area contributed by atoms with Crippen molar-refractivity contribution >= 4 is 12.0 Å². The Hall–Kier alpha value is -1.34. The molecule has 2 saturated heterocycles. The van der Waals surface area contributed by atoms with Crippen LogP contribution in [0.1, 0.15) is 6.42 Å². The Morgan fingerprint density at radius 2 is 2.00 bits per heavy atom. The number of carbonyl (C=O) groups is 2. The van der Waals surface area contributed by atoms with Crippen LogP contribution in [-0.2, 0) is 4.79 Å². The van der Waals surface area contributed by atoms with Crippen LogP contribution in [0.5, 0.6) is 0 Å². The first kappa shape index (κ1) is 14.1. The van der Waals surface area contributed by atoms with Gasteiger partial charge in [0.2, 0.25) is 0 Å². The van der Waals surface area contributed by atoms with Gasteiger partial charge in [0, 0.05) is 52.4 Å². The molecule has 7 heteroatoms. The van der Waals surface area contributed by atoms with Gasteiger partial charge in [-0.3, -0.25) is 9.69 Å². The molecule has 108 valence electrons. The van der Waals surface area contributed by atoms with Crippen LogP contribution in [0, 0.1) is 5.92 Å². The lowest BCUT2D eigenvalue weighted by atomic mass is 10.1. The summed E-state index contributed by atoms with van der Waals surface area (Å²) in [5, 5.41) is 15.0. The molecule has 1 unspecified atom stereocenters. The van der Waals surface area contributed by atoms with Gasteiger partial charge < -0.3 is 20.6 Å². The lowest BCUT2D eigenvalue weighted by molar-refractivity contribution is -0.141.